The van der Waals surface area contributed by atoms with Crippen molar-refractivity contribution >= 4 is 121 Å². The van der Waals surface area contributed by atoms with Crippen molar-refractivity contribution < 1.29 is 8.83 Å². The molecule has 0 unspecified atom stereocenters. The van der Waals surface area contributed by atoms with E-state index in [0.29, 0.717) is 0 Å². The molecule has 0 amide bonds. The van der Waals surface area contributed by atoms with Gasteiger partial charge >= 0.3 is 0 Å². The van der Waals surface area contributed by atoms with Gasteiger partial charge in [-0.05, 0) is 199 Å². The van der Waals surface area contributed by atoms with Gasteiger partial charge in [0, 0.05) is 89.6 Å². The summed E-state index contributed by atoms with van der Waals surface area (Å²) in [6.45, 7) is 0. The van der Waals surface area contributed by atoms with Crippen LogP contribution in [0, 0.1) is 0 Å². The van der Waals surface area contributed by atoms with Gasteiger partial charge in [-0.1, -0.05) is 255 Å². The summed E-state index contributed by atoms with van der Waals surface area (Å²) in [5.74, 6) is 0. The lowest BCUT2D eigenvalue weighted by molar-refractivity contribution is 0.668. The predicted molar refractivity (Wildman–Crippen MR) is 435 cm³/mol. The molecule has 0 N–H and O–H groups in total. The molecule has 20 aromatic rings. The Morgan fingerprint density at radius 3 is 0.798 bits per heavy atom. The number of rotatable bonds is 12. The van der Waals surface area contributed by atoms with Crippen LogP contribution in [0.3, 0.4) is 0 Å². The number of pyridine rings is 2. The lowest BCUT2D eigenvalue weighted by Crippen LogP contribution is -2.09. The minimum absolute atomic E-state index is 0.861. The van der Waals surface area contributed by atoms with Crippen molar-refractivity contribution in [2.75, 3.05) is 9.80 Å². The van der Waals surface area contributed by atoms with Crippen molar-refractivity contribution in [1.82, 2.24) is 9.97 Å². The number of benzene rings is 16. The topological polar surface area (TPSA) is 58.5 Å². The summed E-state index contributed by atoms with van der Waals surface area (Å²) in [6.07, 6.45) is 3.76. The van der Waals surface area contributed by atoms with E-state index >= 15 is 0 Å². The van der Waals surface area contributed by atoms with Gasteiger partial charge in [0.2, 0.25) is 0 Å². The van der Waals surface area contributed by atoms with Crippen LogP contribution in [0.5, 0.6) is 0 Å². The summed E-state index contributed by atoms with van der Waals surface area (Å²) in [7, 11) is 0. The van der Waals surface area contributed by atoms with Crippen molar-refractivity contribution in [3.8, 4) is 66.8 Å². The van der Waals surface area contributed by atoms with Crippen LogP contribution in [-0.2, 0) is 0 Å². The van der Waals surface area contributed by atoms with Crippen molar-refractivity contribution in [3.05, 3.63) is 389 Å². The fourth-order valence-electron chi connectivity index (χ4n) is 15.1. The van der Waals surface area contributed by atoms with Crippen molar-refractivity contribution in [1.29, 1.82) is 0 Å². The molecule has 0 radical (unpaired) electrons. The number of anilines is 6. The van der Waals surface area contributed by atoms with Crippen LogP contribution < -0.4 is 9.80 Å². The standard InChI is InChI=1S/2C49H32N2O/c2*1-3-9-33(10-4-1)35-18-23-40(24-19-35)51(41-25-20-36(21-26-41)34-11-5-2-6-12-34)42-27-29-47-45(32-42)44-31-39(22-28-46(44)52-47)43-15-7-13-37-16-17-38-14-8-30-50-49(38)48(37)43/h2*1-32H. The highest BCUT2D eigenvalue weighted by Crippen LogP contribution is 2.45. The van der Waals surface area contributed by atoms with E-state index in [1.807, 2.05) is 24.5 Å². The summed E-state index contributed by atoms with van der Waals surface area (Å²) in [5.41, 5.74) is 26.0. The zero-order valence-electron chi connectivity index (χ0n) is 56.6. The Balaban J connectivity index is 0.000000143. The molecule has 0 spiro atoms. The Morgan fingerprint density at radius 2 is 0.462 bits per heavy atom. The second-order valence-corrected chi connectivity index (χ2v) is 26.4. The first kappa shape index (κ1) is 61.2. The summed E-state index contributed by atoms with van der Waals surface area (Å²) in [4.78, 5) is 14.3. The van der Waals surface area contributed by atoms with E-state index in [-0.39, 0.29) is 0 Å². The molecular weight excluding hydrogens is 1270 g/mol. The summed E-state index contributed by atoms with van der Waals surface area (Å²) in [6, 6.07) is 133. The van der Waals surface area contributed by atoms with Crippen molar-refractivity contribution in [2.45, 2.75) is 0 Å². The average molecular weight is 1330 g/mol. The highest BCUT2D eigenvalue weighted by Gasteiger charge is 2.21. The summed E-state index contributed by atoms with van der Waals surface area (Å²) in [5, 5.41) is 11.3. The van der Waals surface area contributed by atoms with E-state index in [2.05, 4.69) is 374 Å². The largest absolute Gasteiger partial charge is 0.456 e. The minimum Gasteiger partial charge on any atom is -0.456 e. The summed E-state index contributed by atoms with van der Waals surface area (Å²) >= 11 is 0. The number of hydrogen-bond acceptors (Lipinski definition) is 6. The molecule has 0 saturated carbocycles. The van der Waals surface area contributed by atoms with Crippen molar-refractivity contribution in [3.63, 3.8) is 0 Å². The Kier molecular flexibility index (Phi) is 15.5. The molecule has 4 aromatic heterocycles. The Bertz CT molecular complexity index is 5990. The molecule has 6 nitrogen and oxygen atoms in total. The van der Waals surface area contributed by atoms with Crippen LogP contribution in [0.25, 0.3) is 154 Å². The number of furan rings is 2. The van der Waals surface area contributed by atoms with Crippen molar-refractivity contribution in [2.24, 2.45) is 0 Å². The third-order valence-corrected chi connectivity index (χ3v) is 20.2. The zero-order chi connectivity index (χ0) is 68.9. The van der Waals surface area contributed by atoms with E-state index in [4.69, 9.17) is 18.8 Å². The summed E-state index contributed by atoms with van der Waals surface area (Å²) < 4.78 is 12.9. The lowest BCUT2D eigenvalue weighted by atomic mass is 9.95. The highest BCUT2D eigenvalue weighted by atomic mass is 16.3. The molecule has 4 heterocycles. The molecule has 0 atom stereocenters. The van der Waals surface area contributed by atoms with Gasteiger partial charge < -0.3 is 18.6 Å². The first-order chi connectivity index (χ1) is 51.5. The van der Waals surface area contributed by atoms with Gasteiger partial charge in [-0.25, -0.2) is 0 Å². The van der Waals surface area contributed by atoms with Crippen LogP contribution in [0.2, 0.25) is 0 Å². The molecule has 488 valence electrons. The molecule has 0 aliphatic rings. The predicted octanol–water partition coefficient (Wildman–Crippen LogP) is 27.5. The average Bonchev–Trinajstić information content (AvgIpc) is 1.76. The number of fused-ring (bicyclic) bond motifs is 12. The van der Waals surface area contributed by atoms with Crippen LogP contribution >= 0.6 is 0 Å². The molecule has 104 heavy (non-hydrogen) atoms. The maximum Gasteiger partial charge on any atom is 0.135 e. The normalized spacial score (nSPS) is 11.5. The monoisotopic (exact) mass is 1330 g/mol. The van der Waals surface area contributed by atoms with Crippen LogP contribution in [0.15, 0.2) is 397 Å². The van der Waals surface area contributed by atoms with Gasteiger partial charge in [-0.2, -0.15) is 0 Å². The Morgan fingerprint density at radius 1 is 0.192 bits per heavy atom. The molecule has 16 aromatic carbocycles. The first-order valence-corrected chi connectivity index (χ1v) is 35.2. The fraction of sp³-hybridized carbons (Fsp3) is 0. The van der Waals surface area contributed by atoms with Gasteiger partial charge in [0.05, 0.1) is 11.0 Å². The maximum absolute atomic E-state index is 6.45. The van der Waals surface area contributed by atoms with Crippen LogP contribution in [0.4, 0.5) is 34.1 Å². The SMILES string of the molecule is c1ccc(-c2ccc(N(c3ccc(-c4ccccc4)cc3)c3ccc4oc5ccc(-c6cccc7ccc8cccnc8c67)cc5c4c3)cc2)cc1.c1ccc(-c2ccc(N(c3ccc(-c4ccccc4)cc3)c3ccc4oc5ccc(-c6cccc7ccc8cccnc8c67)cc5c4c3)cc2)cc1. The second kappa shape index (κ2) is 26.3. The van der Waals surface area contributed by atoms with Gasteiger partial charge in [0.25, 0.3) is 0 Å². The van der Waals surface area contributed by atoms with Gasteiger partial charge in [-0.3, -0.25) is 9.97 Å². The van der Waals surface area contributed by atoms with Gasteiger partial charge in [-0.15, -0.1) is 0 Å². The van der Waals surface area contributed by atoms with Crippen LogP contribution in [-0.4, -0.2) is 9.97 Å². The van der Waals surface area contributed by atoms with E-state index < -0.39 is 0 Å². The first-order valence-electron chi connectivity index (χ1n) is 35.2. The minimum atomic E-state index is 0.861. The molecule has 0 fully saturated rings. The number of aromatic nitrogens is 2. The Hall–Kier alpha value is -13.9. The molecule has 0 saturated heterocycles. The maximum atomic E-state index is 6.45. The molecule has 6 heteroatoms. The second-order valence-electron chi connectivity index (χ2n) is 26.4. The number of nitrogens with zero attached hydrogens (tertiary/aromatic N) is 4. The van der Waals surface area contributed by atoms with Gasteiger partial charge in [0.15, 0.2) is 0 Å². The van der Waals surface area contributed by atoms with E-state index in [1.54, 1.807) is 0 Å². The quantitative estimate of drug-likeness (QED) is 0.114. The van der Waals surface area contributed by atoms with E-state index in [9.17, 15) is 0 Å². The van der Waals surface area contributed by atoms with Gasteiger partial charge in [0.1, 0.15) is 22.3 Å². The van der Waals surface area contributed by atoms with E-state index in [0.717, 1.165) is 133 Å². The zero-order valence-corrected chi connectivity index (χ0v) is 56.6. The van der Waals surface area contributed by atoms with E-state index in [1.165, 1.54) is 55.3 Å². The third kappa shape index (κ3) is 11.4. The highest BCUT2D eigenvalue weighted by molar-refractivity contribution is 6.16. The Labute approximate surface area is 601 Å². The molecule has 20 rings (SSSR count). The number of hydrogen-bond donors (Lipinski definition) is 0. The lowest BCUT2D eigenvalue weighted by Gasteiger charge is -2.26. The fourth-order valence-corrected chi connectivity index (χ4v) is 15.1. The van der Waals surface area contributed by atoms with Crippen LogP contribution in [0.1, 0.15) is 0 Å². The third-order valence-electron chi connectivity index (χ3n) is 20.2. The smallest absolute Gasteiger partial charge is 0.135 e. The molecule has 0 bridgehead atoms. The molecule has 0 aliphatic heterocycles. The molecular formula is C98H64N4O2. The molecule has 0 aliphatic carbocycles.